The molecule has 2 aliphatic rings. The van der Waals surface area contributed by atoms with Gasteiger partial charge in [-0.15, -0.1) is 0 Å². The second kappa shape index (κ2) is 5.93. The first-order chi connectivity index (χ1) is 9.81. The van der Waals surface area contributed by atoms with Crippen molar-refractivity contribution >= 4 is 0 Å². The maximum absolute atomic E-state index is 5.29. The van der Waals surface area contributed by atoms with Crippen molar-refractivity contribution < 1.29 is 9.47 Å². The molecule has 0 radical (unpaired) electrons. The number of aromatic nitrogens is 2. The normalized spacial score (nSPS) is 23.0. The first-order valence-corrected chi connectivity index (χ1v) is 7.21. The number of hydrogen-bond acceptors (Lipinski definition) is 6. The molecule has 3 rings (SSSR count). The van der Waals surface area contributed by atoms with Gasteiger partial charge in [-0.3, -0.25) is 4.90 Å². The van der Waals surface area contributed by atoms with Crippen molar-refractivity contribution in [3.63, 3.8) is 0 Å². The van der Waals surface area contributed by atoms with Crippen molar-refractivity contribution in [1.82, 2.24) is 20.2 Å². The van der Waals surface area contributed by atoms with Gasteiger partial charge in [0.2, 0.25) is 11.8 Å². The number of nitrogens with one attached hydrogen (secondary N) is 1. The van der Waals surface area contributed by atoms with Crippen molar-refractivity contribution in [1.29, 1.82) is 0 Å². The fraction of sp³-hybridized carbons (Fsp3) is 0.714. The van der Waals surface area contributed by atoms with Gasteiger partial charge < -0.3 is 14.8 Å². The van der Waals surface area contributed by atoms with E-state index in [0.717, 1.165) is 18.2 Å². The molecule has 6 heteroatoms. The van der Waals surface area contributed by atoms with E-state index in [0.29, 0.717) is 24.3 Å². The maximum atomic E-state index is 5.29. The first-order valence-electron chi connectivity index (χ1n) is 7.21. The fourth-order valence-electron chi connectivity index (χ4n) is 2.86. The lowest BCUT2D eigenvalue weighted by Gasteiger charge is -2.17. The quantitative estimate of drug-likeness (QED) is 0.831. The summed E-state index contributed by atoms with van der Waals surface area (Å²) >= 11 is 0. The summed E-state index contributed by atoms with van der Waals surface area (Å²) in [4.78, 5) is 10.9. The van der Waals surface area contributed by atoms with Crippen LogP contribution < -0.4 is 14.8 Å². The summed E-state index contributed by atoms with van der Waals surface area (Å²) in [6.45, 7) is 3.03. The van der Waals surface area contributed by atoms with Crippen LogP contribution in [0.2, 0.25) is 0 Å². The minimum absolute atomic E-state index is 0.533. The van der Waals surface area contributed by atoms with Crippen LogP contribution in [0.25, 0.3) is 0 Å². The molecule has 0 amide bonds. The van der Waals surface area contributed by atoms with Crippen molar-refractivity contribution in [2.75, 3.05) is 27.3 Å². The Hall–Kier alpha value is -1.40. The van der Waals surface area contributed by atoms with Gasteiger partial charge in [-0.25, -0.2) is 9.97 Å². The number of nitrogens with zero attached hydrogens (tertiary/aromatic N) is 3. The van der Waals surface area contributed by atoms with Crippen LogP contribution in [0.3, 0.4) is 0 Å². The Labute approximate surface area is 119 Å². The lowest BCUT2D eigenvalue weighted by molar-refractivity contribution is 0.315. The minimum Gasteiger partial charge on any atom is -0.481 e. The Morgan fingerprint density at radius 2 is 1.90 bits per heavy atom. The summed E-state index contributed by atoms with van der Waals surface area (Å²) in [6.07, 6.45) is 5.42. The van der Waals surface area contributed by atoms with E-state index in [4.69, 9.17) is 9.47 Å². The van der Waals surface area contributed by atoms with Gasteiger partial charge in [0.1, 0.15) is 6.33 Å². The highest BCUT2D eigenvalue weighted by molar-refractivity contribution is 5.34. The molecule has 1 saturated carbocycles. The molecule has 0 spiro atoms. The second-order valence-electron chi connectivity index (χ2n) is 5.46. The molecule has 1 aromatic heterocycles. The highest BCUT2D eigenvalue weighted by Gasteiger charge is 2.34. The zero-order valence-corrected chi connectivity index (χ0v) is 12.1. The zero-order valence-electron chi connectivity index (χ0n) is 12.1. The van der Waals surface area contributed by atoms with E-state index in [1.54, 1.807) is 14.2 Å². The summed E-state index contributed by atoms with van der Waals surface area (Å²) in [5, 5.41) is 3.58. The minimum atomic E-state index is 0.533. The van der Waals surface area contributed by atoms with E-state index in [1.807, 2.05) is 0 Å². The van der Waals surface area contributed by atoms with Gasteiger partial charge in [-0.1, -0.05) is 0 Å². The molecule has 1 aromatic rings. The van der Waals surface area contributed by atoms with Crippen LogP contribution in [0.1, 0.15) is 24.8 Å². The third-order valence-corrected chi connectivity index (χ3v) is 4.10. The van der Waals surface area contributed by atoms with Gasteiger partial charge in [-0.05, 0) is 19.3 Å². The van der Waals surface area contributed by atoms with E-state index >= 15 is 0 Å². The van der Waals surface area contributed by atoms with E-state index in [2.05, 4.69) is 20.2 Å². The van der Waals surface area contributed by atoms with Crippen LogP contribution in [0.4, 0.5) is 0 Å². The average molecular weight is 278 g/mol. The van der Waals surface area contributed by atoms with E-state index < -0.39 is 0 Å². The largest absolute Gasteiger partial charge is 0.481 e. The van der Waals surface area contributed by atoms with Gasteiger partial charge in [0.25, 0.3) is 0 Å². The Kier molecular flexibility index (Phi) is 4.03. The van der Waals surface area contributed by atoms with E-state index in [-0.39, 0.29) is 0 Å². The van der Waals surface area contributed by atoms with Crippen LogP contribution in [-0.4, -0.2) is 54.3 Å². The van der Waals surface area contributed by atoms with Crippen LogP contribution >= 0.6 is 0 Å². The van der Waals surface area contributed by atoms with Crippen LogP contribution in [0.15, 0.2) is 6.33 Å². The molecule has 1 saturated heterocycles. The molecule has 2 fully saturated rings. The van der Waals surface area contributed by atoms with Gasteiger partial charge in [0, 0.05) is 31.7 Å². The molecule has 2 heterocycles. The van der Waals surface area contributed by atoms with Gasteiger partial charge in [-0.2, -0.15) is 0 Å². The number of ether oxygens (including phenoxy) is 2. The Balaban J connectivity index is 1.60. The van der Waals surface area contributed by atoms with E-state index in [9.17, 15) is 0 Å². The monoisotopic (exact) mass is 278 g/mol. The van der Waals surface area contributed by atoms with E-state index in [1.165, 1.54) is 32.1 Å². The van der Waals surface area contributed by atoms with Gasteiger partial charge >= 0.3 is 0 Å². The number of hydrogen-bond donors (Lipinski definition) is 1. The average Bonchev–Trinajstić information content (AvgIpc) is 3.23. The third kappa shape index (κ3) is 2.86. The van der Waals surface area contributed by atoms with Crippen molar-refractivity contribution in [2.24, 2.45) is 0 Å². The van der Waals surface area contributed by atoms with Gasteiger partial charge in [0.05, 0.1) is 19.8 Å². The molecule has 1 N–H and O–H groups in total. The highest BCUT2D eigenvalue weighted by atomic mass is 16.5. The standard InChI is InChI=1S/C14H22N4O2/c1-19-13-12(14(20-2)17-9-16-13)7-15-10-5-6-18(8-10)11-3-4-11/h9-11,15H,3-8H2,1-2H3. The topological polar surface area (TPSA) is 59.5 Å². The molecular formula is C14H22N4O2. The lowest BCUT2D eigenvalue weighted by atomic mass is 10.2. The van der Waals surface area contributed by atoms with Crippen molar-refractivity contribution in [3.05, 3.63) is 11.9 Å². The third-order valence-electron chi connectivity index (χ3n) is 4.10. The Morgan fingerprint density at radius 3 is 2.50 bits per heavy atom. The molecule has 0 bridgehead atoms. The smallest absolute Gasteiger partial charge is 0.224 e. The molecule has 1 atom stereocenters. The Bertz CT molecular complexity index is 442. The molecule has 1 aliphatic heterocycles. The second-order valence-corrected chi connectivity index (χ2v) is 5.46. The predicted molar refractivity (Wildman–Crippen MR) is 75.0 cm³/mol. The number of rotatable bonds is 6. The summed E-state index contributed by atoms with van der Waals surface area (Å²) in [7, 11) is 3.24. The van der Waals surface area contributed by atoms with Crippen molar-refractivity contribution in [3.8, 4) is 11.8 Å². The number of likely N-dealkylation sites (tertiary alicyclic amines) is 1. The molecule has 110 valence electrons. The number of methoxy groups -OCH3 is 2. The van der Waals surface area contributed by atoms with Crippen LogP contribution in [0.5, 0.6) is 11.8 Å². The summed E-state index contributed by atoms with van der Waals surface area (Å²) in [6, 6.07) is 1.39. The van der Waals surface area contributed by atoms with Crippen LogP contribution in [-0.2, 0) is 6.54 Å². The van der Waals surface area contributed by atoms with Crippen LogP contribution in [0, 0.1) is 0 Å². The maximum Gasteiger partial charge on any atom is 0.224 e. The molecular weight excluding hydrogens is 256 g/mol. The zero-order chi connectivity index (χ0) is 13.9. The first kappa shape index (κ1) is 13.6. The Morgan fingerprint density at radius 1 is 1.20 bits per heavy atom. The summed E-state index contributed by atoms with van der Waals surface area (Å²) in [5.74, 6) is 1.17. The molecule has 6 nitrogen and oxygen atoms in total. The summed E-state index contributed by atoms with van der Waals surface area (Å²) in [5.41, 5.74) is 0.891. The highest BCUT2D eigenvalue weighted by Crippen LogP contribution is 2.30. The van der Waals surface area contributed by atoms with Crippen molar-refractivity contribution in [2.45, 2.75) is 37.9 Å². The van der Waals surface area contributed by atoms with Gasteiger partial charge in [0.15, 0.2) is 0 Å². The molecule has 1 unspecified atom stereocenters. The fourth-order valence-corrected chi connectivity index (χ4v) is 2.86. The summed E-state index contributed by atoms with van der Waals surface area (Å²) < 4.78 is 10.6. The molecule has 20 heavy (non-hydrogen) atoms. The predicted octanol–water partition coefficient (Wildman–Crippen LogP) is 0.820. The lowest BCUT2D eigenvalue weighted by Crippen LogP contribution is -2.33. The SMILES string of the molecule is COc1ncnc(OC)c1CNC1CCN(C2CC2)C1. The molecule has 0 aromatic carbocycles. The molecule has 1 aliphatic carbocycles.